The van der Waals surface area contributed by atoms with Gasteiger partial charge in [0.1, 0.15) is 0 Å². The summed E-state index contributed by atoms with van der Waals surface area (Å²) in [5.74, 6) is 0. The molecule has 82 valence electrons. The average Bonchev–Trinajstić information content (AvgIpc) is 2.20. The van der Waals surface area contributed by atoms with Gasteiger partial charge in [0.15, 0.2) is 0 Å². The van der Waals surface area contributed by atoms with Crippen molar-refractivity contribution in [3.8, 4) is 0 Å². The fourth-order valence-electron chi connectivity index (χ4n) is 1.03. The van der Waals surface area contributed by atoms with Gasteiger partial charge in [-0.15, -0.1) is 0 Å². The van der Waals surface area contributed by atoms with E-state index in [1.807, 2.05) is 0 Å². The Balaban J connectivity index is 2.15. The molecule has 1 rings (SSSR count). The molecule has 1 fully saturated rings. The molecule has 0 aliphatic carbocycles. The predicted octanol–water partition coefficient (Wildman–Crippen LogP) is 0.623. The molecule has 1 saturated heterocycles. The van der Waals surface area contributed by atoms with Crippen molar-refractivity contribution in [1.29, 1.82) is 0 Å². The maximum Gasteiger partial charge on any atom is 0.0704 e. The summed E-state index contributed by atoms with van der Waals surface area (Å²) < 4.78 is 21.2. The van der Waals surface area contributed by atoms with Crippen LogP contribution in [0.15, 0.2) is 12.2 Å². The van der Waals surface area contributed by atoms with Crippen molar-refractivity contribution in [3.63, 3.8) is 0 Å². The van der Waals surface area contributed by atoms with Gasteiger partial charge in [-0.25, -0.2) is 0 Å². The highest BCUT2D eigenvalue weighted by atomic mass is 16.6. The lowest BCUT2D eigenvalue weighted by Crippen LogP contribution is -2.10. The largest absolute Gasteiger partial charge is 0.377 e. The van der Waals surface area contributed by atoms with Crippen LogP contribution in [0.5, 0.6) is 0 Å². The van der Waals surface area contributed by atoms with Gasteiger partial charge in [0.05, 0.1) is 52.9 Å². The van der Waals surface area contributed by atoms with Crippen LogP contribution >= 0.6 is 0 Å². The molecular formula is C10H18O4. The van der Waals surface area contributed by atoms with E-state index in [-0.39, 0.29) is 0 Å². The molecule has 0 aromatic carbocycles. The first-order valence-electron chi connectivity index (χ1n) is 4.87. The second kappa shape index (κ2) is 7.94. The van der Waals surface area contributed by atoms with E-state index in [1.165, 1.54) is 0 Å². The fourth-order valence-corrected chi connectivity index (χ4v) is 1.03. The van der Waals surface area contributed by atoms with E-state index < -0.39 is 0 Å². The molecule has 0 saturated carbocycles. The van der Waals surface area contributed by atoms with Gasteiger partial charge >= 0.3 is 0 Å². The number of hydrogen-bond acceptors (Lipinski definition) is 4. The van der Waals surface area contributed by atoms with Gasteiger partial charge in [-0.3, -0.25) is 0 Å². The molecule has 1 heterocycles. The summed E-state index contributed by atoms with van der Waals surface area (Å²) in [5, 5.41) is 0. The van der Waals surface area contributed by atoms with Crippen LogP contribution in [-0.4, -0.2) is 52.9 Å². The molecule has 0 aromatic rings. The van der Waals surface area contributed by atoms with E-state index in [9.17, 15) is 0 Å². The minimum atomic E-state index is 0.546. The van der Waals surface area contributed by atoms with Crippen molar-refractivity contribution in [3.05, 3.63) is 12.2 Å². The highest BCUT2D eigenvalue weighted by Crippen LogP contribution is 1.94. The Morgan fingerprint density at radius 3 is 1.43 bits per heavy atom. The Labute approximate surface area is 84.8 Å². The average molecular weight is 202 g/mol. The lowest BCUT2D eigenvalue weighted by Gasteiger charge is -2.06. The van der Waals surface area contributed by atoms with Crippen LogP contribution in [0.25, 0.3) is 0 Å². The van der Waals surface area contributed by atoms with E-state index in [4.69, 9.17) is 18.9 Å². The molecule has 0 N–H and O–H groups in total. The van der Waals surface area contributed by atoms with Crippen molar-refractivity contribution in [1.82, 2.24) is 0 Å². The van der Waals surface area contributed by atoms with Crippen LogP contribution in [0, 0.1) is 0 Å². The Hall–Kier alpha value is -0.420. The standard InChI is InChI=1S/C10H18O4/c1-10-8-13-6-4-11-2-3-12-5-7-14-9-10/h1-9H2. The second-order valence-electron chi connectivity index (χ2n) is 3.08. The first-order valence-corrected chi connectivity index (χ1v) is 4.87. The molecule has 14 heavy (non-hydrogen) atoms. The Bertz CT molecular complexity index is 142. The van der Waals surface area contributed by atoms with Crippen molar-refractivity contribution >= 4 is 0 Å². The van der Waals surface area contributed by atoms with Crippen LogP contribution in [0.3, 0.4) is 0 Å². The summed E-state index contributed by atoms with van der Waals surface area (Å²) in [7, 11) is 0. The smallest absolute Gasteiger partial charge is 0.0704 e. The quantitative estimate of drug-likeness (QED) is 0.540. The zero-order chi connectivity index (χ0) is 10.1. The van der Waals surface area contributed by atoms with Crippen molar-refractivity contribution in [2.75, 3.05) is 52.9 Å². The molecule has 0 atom stereocenters. The van der Waals surface area contributed by atoms with Gasteiger partial charge < -0.3 is 18.9 Å². The van der Waals surface area contributed by atoms with Crippen molar-refractivity contribution in [2.24, 2.45) is 0 Å². The van der Waals surface area contributed by atoms with Gasteiger partial charge in [-0.05, 0) is 5.57 Å². The molecule has 4 nitrogen and oxygen atoms in total. The Morgan fingerprint density at radius 1 is 0.643 bits per heavy atom. The van der Waals surface area contributed by atoms with Gasteiger partial charge in [0.25, 0.3) is 0 Å². The van der Waals surface area contributed by atoms with Crippen LogP contribution in [0.2, 0.25) is 0 Å². The molecule has 1 aliphatic rings. The van der Waals surface area contributed by atoms with Crippen molar-refractivity contribution < 1.29 is 18.9 Å². The SMILES string of the molecule is C=C1COCCOCCOCCOC1. The molecular weight excluding hydrogens is 184 g/mol. The maximum atomic E-state index is 5.31. The topological polar surface area (TPSA) is 36.9 Å². The van der Waals surface area contributed by atoms with Gasteiger partial charge in [-0.2, -0.15) is 0 Å². The summed E-state index contributed by atoms with van der Waals surface area (Å²) in [4.78, 5) is 0. The summed E-state index contributed by atoms with van der Waals surface area (Å²) in [6, 6.07) is 0. The third kappa shape index (κ3) is 6.10. The molecule has 0 bridgehead atoms. The lowest BCUT2D eigenvalue weighted by atomic mass is 10.3. The molecule has 0 amide bonds. The summed E-state index contributed by atoms with van der Waals surface area (Å²) in [6.07, 6.45) is 0. The molecule has 0 spiro atoms. The van der Waals surface area contributed by atoms with Crippen LogP contribution in [-0.2, 0) is 18.9 Å². The molecule has 0 aromatic heterocycles. The first kappa shape index (κ1) is 11.7. The third-order valence-corrected chi connectivity index (χ3v) is 1.73. The van der Waals surface area contributed by atoms with Crippen molar-refractivity contribution in [2.45, 2.75) is 0 Å². The van der Waals surface area contributed by atoms with Gasteiger partial charge in [0, 0.05) is 0 Å². The molecule has 0 radical (unpaired) electrons. The Morgan fingerprint density at radius 2 is 1.00 bits per heavy atom. The number of hydrogen-bond donors (Lipinski definition) is 0. The first-order chi connectivity index (χ1) is 6.89. The van der Waals surface area contributed by atoms with E-state index >= 15 is 0 Å². The number of ether oxygens (including phenoxy) is 4. The third-order valence-electron chi connectivity index (χ3n) is 1.73. The monoisotopic (exact) mass is 202 g/mol. The molecule has 0 unspecified atom stereocenters. The summed E-state index contributed by atoms with van der Waals surface area (Å²) in [5.41, 5.74) is 0.948. The lowest BCUT2D eigenvalue weighted by molar-refractivity contribution is 0.0106. The second-order valence-corrected chi connectivity index (χ2v) is 3.08. The summed E-state index contributed by atoms with van der Waals surface area (Å²) >= 11 is 0. The zero-order valence-corrected chi connectivity index (χ0v) is 8.50. The fraction of sp³-hybridized carbons (Fsp3) is 0.800. The minimum absolute atomic E-state index is 0.546. The Kier molecular flexibility index (Phi) is 6.61. The zero-order valence-electron chi connectivity index (χ0n) is 8.50. The van der Waals surface area contributed by atoms with Crippen LogP contribution < -0.4 is 0 Å². The van der Waals surface area contributed by atoms with E-state index in [0.717, 1.165) is 5.57 Å². The highest BCUT2D eigenvalue weighted by molar-refractivity contribution is 4.94. The molecule has 1 aliphatic heterocycles. The van der Waals surface area contributed by atoms with Gasteiger partial charge in [-0.1, -0.05) is 6.58 Å². The maximum absolute atomic E-state index is 5.31. The summed E-state index contributed by atoms with van der Waals surface area (Å²) in [6.45, 7) is 8.57. The van der Waals surface area contributed by atoms with Crippen LogP contribution in [0.1, 0.15) is 0 Å². The number of rotatable bonds is 0. The van der Waals surface area contributed by atoms with Crippen LogP contribution in [0.4, 0.5) is 0 Å². The minimum Gasteiger partial charge on any atom is -0.377 e. The predicted molar refractivity (Wildman–Crippen MR) is 52.4 cm³/mol. The molecule has 4 heteroatoms. The van der Waals surface area contributed by atoms with E-state index in [2.05, 4.69) is 6.58 Å². The normalized spacial score (nSPS) is 23.3. The van der Waals surface area contributed by atoms with E-state index in [0.29, 0.717) is 52.9 Å². The van der Waals surface area contributed by atoms with E-state index in [1.54, 1.807) is 0 Å². The van der Waals surface area contributed by atoms with Gasteiger partial charge in [0.2, 0.25) is 0 Å². The highest BCUT2D eigenvalue weighted by Gasteiger charge is 1.98.